The van der Waals surface area contributed by atoms with Crippen molar-refractivity contribution in [2.24, 2.45) is 0 Å². The van der Waals surface area contributed by atoms with Crippen molar-refractivity contribution in [2.75, 3.05) is 6.54 Å². The highest BCUT2D eigenvalue weighted by Crippen LogP contribution is 2.31. The summed E-state index contributed by atoms with van der Waals surface area (Å²) in [6.45, 7) is 3.52. The van der Waals surface area contributed by atoms with Crippen molar-refractivity contribution in [3.05, 3.63) is 30.1 Å². The van der Waals surface area contributed by atoms with Crippen LogP contribution in [0.15, 0.2) is 24.5 Å². The summed E-state index contributed by atoms with van der Waals surface area (Å²) in [5, 5.41) is 2.48. The first kappa shape index (κ1) is 13.0. The molecule has 2 unspecified atom stereocenters. The smallest absolute Gasteiger partial charge is 0.306 e. The second-order valence-corrected chi connectivity index (χ2v) is 3.65. The Morgan fingerprint density at radius 3 is 2.31 bits per heavy atom. The molecule has 0 aliphatic heterocycles. The molecular formula is C11H15F3N2. The van der Waals surface area contributed by atoms with Gasteiger partial charge in [0.15, 0.2) is 0 Å². The first-order chi connectivity index (χ1) is 7.46. The lowest BCUT2D eigenvalue weighted by molar-refractivity contribution is -0.160. The highest BCUT2D eigenvalue weighted by Gasteiger charge is 2.42. The van der Waals surface area contributed by atoms with E-state index in [1.54, 1.807) is 26.0 Å². The first-order valence-electron chi connectivity index (χ1n) is 5.16. The molecular weight excluding hydrogens is 217 g/mol. The Kier molecular flexibility index (Phi) is 4.29. The third-order valence-corrected chi connectivity index (χ3v) is 2.51. The number of hydrogen-bond donors (Lipinski definition) is 1. The van der Waals surface area contributed by atoms with E-state index in [9.17, 15) is 13.2 Å². The van der Waals surface area contributed by atoms with Crippen LogP contribution in [-0.2, 0) is 0 Å². The van der Waals surface area contributed by atoms with Gasteiger partial charge in [-0.3, -0.25) is 4.98 Å². The zero-order chi connectivity index (χ0) is 12.2. The van der Waals surface area contributed by atoms with Crippen LogP contribution in [0.2, 0.25) is 0 Å². The number of likely N-dealkylation sites (N-methyl/N-ethyl adjacent to an activating group) is 1. The third kappa shape index (κ3) is 3.20. The molecule has 0 fully saturated rings. The summed E-state index contributed by atoms with van der Waals surface area (Å²) in [4.78, 5) is 3.79. The molecule has 1 rings (SSSR count). The van der Waals surface area contributed by atoms with Gasteiger partial charge >= 0.3 is 6.18 Å². The van der Waals surface area contributed by atoms with E-state index in [0.29, 0.717) is 12.1 Å². The van der Waals surface area contributed by atoms with E-state index in [2.05, 4.69) is 10.3 Å². The molecule has 1 heterocycles. The molecule has 5 heteroatoms. The SMILES string of the molecule is CCNC(C(C)c1ccncc1)C(F)(F)F. The van der Waals surface area contributed by atoms with E-state index >= 15 is 0 Å². The minimum atomic E-state index is -4.24. The summed E-state index contributed by atoms with van der Waals surface area (Å²) in [5.41, 5.74) is 0.637. The average Bonchev–Trinajstić information content (AvgIpc) is 2.25. The molecule has 0 saturated heterocycles. The standard InChI is InChI=1S/C11H15F3N2/c1-3-16-10(11(12,13)14)8(2)9-4-6-15-7-5-9/h4-8,10,16H,3H2,1-2H3. The van der Waals surface area contributed by atoms with E-state index in [1.165, 1.54) is 12.4 Å². The van der Waals surface area contributed by atoms with Gasteiger partial charge in [0.05, 0.1) is 0 Å². The molecule has 16 heavy (non-hydrogen) atoms. The summed E-state index contributed by atoms with van der Waals surface area (Å²) in [5.74, 6) is -0.622. The fourth-order valence-corrected chi connectivity index (χ4v) is 1.66. The van der Waals surface area contributed by atoms with Crippen molar-refractivity contribution in [1.82, 2.24) is 10.3 Å². The van der Waals surface area contributed by atoms with Gasteiger partial charge in [-0.15, -0.1) is 0 Å². The Hall–Kier alpha value is -1.10. The van der Waals surface area contributed by atoms with E-state index in [1.807, 2.05) is 0 Å². The summed E-state index contributed by atoms with van der Waals surface area (Å²) < 4.78 is 38.3. The lowest BCUT2D eigenvalue weighted by Crippen LogP contribution is -2.45. The van der Waals surface area contributed by atoms with Gasteiger partial charge < -0.3 is 5.32 Å². The maximum absolute atomic E-state index is 12.8. The van der Waals surface area contributed by atoms with Gasteiger partial charge in [-0.1, -0.05) is 13.8 Å². The number of rotatable bonds is 4. The number of alkyl halides is 3. The number of hydrogen-bond acceptors (Lipinski definition) is 2. The second kappa shape index (κ2) is 5.30. The zero-order valence-electron chi connectivity index (χ0n) is 9.25. The van der Waals surface area contributed by atoms with Crippen molar-refractivity contribution in [2.45, 2.75) is 32.0 Å². The predicted octanol–water partition coefficient (Wildman–Crippen LogP) is 2.73. The first-order valence-corrected chi connectivity index (χ1v) is 5.16. The summed E-state index contributed by atoms with van der Waals surface area (Å²) in [6, 6.07) is 1.71. The molecule has 0 bridgehead atoms. The van der Waals surface area contributed by atoms with Crippen LogP contribution < -0.4 is 5.32 Å². The van der Waals surface area contributed by atoms with E-state index < -0.39 is 18.1 Å². The number of pyridine rings is 1. The maximum Gasteiger partial charge on any atom is 0.404 e. The Morgan fingerprint density at radius 1 is 1.31 bits per heavy atom. The number of aromatic nitrogens is 1. The molecule has 0 aromatic carbocycles. The van der Waals surface area contributed by atoms with Crippen LogP contribution in [0.4, 0.5) is 13.2 Å². The van der Waals surface area contributed by atoms with Gasteiger partial charge in [0.25, 0.3) is 0 Å². The molecule has 2 nitrogen and oxygen atoms in total. The van der Waals surface area contributed by atoms with E-state index in [0.717, 1.165) is 0 Å². The van der Waals surface area contributed by atoms with Crippen molar-refractivity contribution in [1.29, 1.82) is 0 Å². The van der Waals surface area contributed by atoms with Crippen LogP contribution in [0.1, 0.15) is 25.3 Å². The highest BCUT2D eigenvalue weighted by atomic mass is 19.4. The minimum absolute atomic E-state index is 0.291. The monoisotopic (exact) mass is 232 g/mol. The normalized spacial score (nSPS) is 15.8. The van der Waals surface area contributed by atoms with Crippen LogP contribution in [0.3, 0.4) is 0 Å². The molecule has 0 saturated carbocycles. The lowest BCUT2D eigenvalue weighted by Gasteiger charge is -2.27. The third-order valence-electron chi connectivity index (χ3n) is 2.51. The van der Waals surface area contributed by atoms with Crippen LogP contribution in [-0.4, -0.2) is 23.7 Å². The molecule has 2 atom stereocenters. The Morgan fingerprint density at radius 2 is 1.88 bits per heavy atom. The van der Waals surface area contributed by atoms with E-state index in [-0.39, 0.29) is 0 Å². The zero-order valence-corrected chi connectivity index (χ0v) is 9.25. The molecule has 0 amide bonds. The molecule has 90 valence electrons. The van der Waals surface area contributed by atoms with Crippen LogP contribution in [0.5, 0.6) is 0 Å². The predicted molar refractivity (Wildman–Crippen MR) is 56.2 cm³/mol. The van der Waals surface area contributed by atoms with Crippen LogP contribution in [0.25, 0.3) is 0 Å². The highest BCUT2D eigenvalue weighted by molar-refractivity contribution is 5.17. The fraction of sp³-hybridized carbons (Fsp3) is 0.545. The molecule has 1 aromatic heterocycles. The Labute approximate surface area is 92.9 Å². The fourth-order valence-electron chi connectivity index (χ4n) is 1.66. The summed E-state index contributed by atoms with van der Waals surface area (Å²) in [6.07, 6.45) is -1.23. The van der Waals surface area contributed by atoms with Gasteiger partial charge in [-0.25, -0.2) is 0 Å². The Bertz CT molecular complexity index is 311. The Balaban J connectivity index is 2.87. The topological polar surface area (TPSA) is 24.9 Å². The minimum Gasteiger partial charge on any atom is -0.306 e. The maximum atomic E-state index is 12.8. The van der Waals surface area contributed by atoms with Crippen molar-refractivity contribution in [3.8, 4) is 0 Å². The van der Waals surface area contributed by atoms with Crippen LogP contribution in [0, 0.1) is 0 Å². The molecule has 0 spiro atoms. The molecule has 1 aromatic rings. The van der Waals surface area contributed by atoms with Crippen LogP contribution >= 0.6 is 0 Å². The molecule has 0 radical (unpaired) electrons. The molecule has 1 N–H and O–H groups in total. The lowest BCUT2D eigenvalue weighted by atomic mass is 9.93. The van der Waals surface area contributed by atoms with Gasteiger partial charge in [-0.2, -0.15) is 13.2 Å². The summed E-state index contributed by atoms with van der Waals surface area (Å²) >= 11 is 0. The van der Waals surface area contributed by atoms with Crippen molar-refractivity contribution < 1.29 is 13.2 Å². The van der Waals surface area contributed by atoms with Gasteiger partial charge in [0.1, 0.15) is 6.04 Å². The summed E-state index contributed by atoms with van der Waals surface area (Å²) in [7, 11) is 0. The largest absolute Gasteiger partial charge is 0.404 e. The number of nitrogens with zero attached hydrogens (tertiary/aromatic N) is 1. The van der Waals surface area contributed by atoms with Gasteiger partial charge in [0, 0.05) is 18.3 Å². The quantitative estimate of drug-likeness (QED) is 0.863. The number of nitrogens with one attached hydrogen (secondary N) is 1. The molecule has 0 aliphatic rings. The van der Waals surface area contributed by atoms with Crippen molar-refractivity contribution >= 4 is 0 Å². The van der Waals surface area contributed by atoms with Gasteiger partial charge in [-0.05, 0) is 24.2 Å². The second-order valence-electron chi connectivity index (χ2n) is 3.65. The van der Waals surface area contributed by atoms with E-state index in [4.69, 9.17) is 0 Å². The van der Waals surface area contributed by atoms with Gasteiger partial charge in [0.2, 0.25) is 0 Å². The average molecular weight is 232 g/mol. The number of halogens is 3. The van der Waals surface area contributed by atoms with Crippen molar-refractivity contribution in [3.63, 3.8) is 0 Å². The molecule has 0 aliphatic carbocycles.